The second-order valence-electron chi connectivity index (χ2n) is 18.5. The summed E-state index contributed by atoms with van der Waals surface area (Å²) in [6.45, 7) is 4.18. The van der Waals surface area contributed by atoms with Gasteiger partial charge in [-0.1, -0.05) is 256 Å². The minimum absolute atomic E-state index is 0.00719. The van der Waals surface area contributed by atoms with Crippen LogP contribution in [0.5, 0.6) is 0 Å². The highest BCUT2D eigenvalue weighted by Gasteiger charge is 2.20. The average molecular weight is 844 g/mol. The summed E-state index contributed by atoms with van der Waals surface area (Å²) < 4.78 is 0. The van der Waals surface area contributed by atoms with E-state index in [0.29, 0.717) is 6.42 Å². The zero-order chi connectivity index (χ0) is 43.7. The molecule has 0 aromatic carbocycles. The Morgan fingerprint density at radius 1 is 0.417 bits per heavy atom. The fraction of sp³-hybridized carbons (Fsp3) is 0.873. The van der Waals surface area contributed by atoms with Crippen molar-refractivity contribution in [3.8, 4) is 0 Å². The molecule has 5 heteroatoms. The molecule has 0 saturated heterocycles. The van der Waals surface area contributed by atoms with Gasteiger partial charge < -0.3 is 20.6 Å². The first-order chi connectivity index (χ1) is 29.5. The molecule has 0 rings (SSSR count). The molecular weight excluding hydrogens is 739 g/mol. The van der Waals surface area contributed by atoms with Gasteiger partial charge >= 0.3 is 0 Å². The highest BCUT2D eigenvalue weighted by Crippen LogP contribution is 2.17. The van der Waals surface area contributed by atoms with Gasteiger partial charge in [-0.25, -0.2) is 0 Å². The summed E-state index contributed by atoms with van der Waals surface area (Å²) in [7, 11) is 0. The maximum atomic E-state index is 12.4. The van der Waals surface area contributed by atoms with Crippen molar-refractivity contribution >= 4 is 5.91 Å². The lowest BCUT2D eigenvalue weighted by Crippen LogP contribution is -2.45. The molecule has 0 spiro atoms. The Morgan fingerprint density at radius 3 is 1.08 bits per heavy atom. The van der Waals surface area contributed by atoms with Crippen molar-refractivity contribution in [1.82, 2.24) is 5.32 Å². The van der Waals surface area contributed by atoms with E-state index in [1.165, 1.54) is 225 Å². The first-order valence-corrected chi connectivity index (χ1v) is 26.8. The van der Waals surface area contributed by atoms with Crippen molar-refractivity contribution in [3.05, 3.63) is 36.5 Å². The molecule has 0 saturated carbocycles. The zero-order valence-electron chi connectivity index (χ0n) is 40.4. The number of aliphatic hydroxyl groups excluding tert-OH is 3. The van der Waals surface area contributed by atoms with E-state index in [4.69, 9.17) is 0 Å². The molecule has 3 atom stereocenters. The van der Waals surface area contributed by atoms with Crippen LogP contribution >= 0.6 is 0 Å². The number of rotatable bonds is 49. The van der Waals surface area contributed by atoms with Crippen molar-refractivity contribution in [1.29, 1.82) is 0 Å². The van der Waals surface area contributed by atoms with Gasteiger partial charge in [0.2, 0.25) is 5.91 Å². The monoisotopic (exact) mass is 844 g/mol. The summed E-state index contributed by atoms with van der Waals surface area (Å²) in [5.74, 6) is -0.325. The number of amides is 1. The number of hydrogen-bond acceptors (Lipinski definition) is 4. The molecule has 1 amide bonds. The third-order valence-corrected chi connectivity index (χ3v) is 12.4. The van der Waals surface area contributed by atoms with Crippen LogP contribution in [-0.4, -0.2) is 46.1 Å². The lowest BCUT2D eigenvalue weighted by molar-refractivity contribution is -0.124. The summed E-state index contributed by atoms with van der Waals surface area (Å²) >= 11 is 0. The molecule has 354 valence electrons. The summed E-state index contributed by atoms with van der Waals surface area (Å²) in [6, 6.07) is -0.758. The van der Waals surface area contributed by atoms with Crippen LogP contribution in [0.3, 0.4) is 0 Å². The summed E-state index contributed by atoms with van der Waals surface area (Å²) in [6.07, 6.45) is 65.0. The molecule has 3 unspecified atom stereocenters. The number of hydrogen-bond donors (Lipinski definition) is 4. The molecule has 0 aromatic rings. The van der Waals surface area contributed by atoms with E-state index in [1.54, 1.807) is 6.08 Å². The summed E-state index contributed by atoms with van der Waals surface area (Å²) in [5.41, 5.74) is 0. The Kier molecular flexibility index (Phi) is 49.0. The fourth-order valence-corrected chi connectivity index (χ4v) is 8.29. The molecule has 5 nitrogen and oxygen atoms in total. The number of carbonyl (C=O) groups excluding carboxylic acids is 1. The lowest BCUT2D eigenvalue weighted by Gasteiger charge is -2.21. The molecule has 0 heterocycles. The van der Waals surface area contributed by atoms with Crippen LogP contribution in [0.2, 0.25) is 0 Å². The Balaban J connectivity index is 3.45. The minimum atomic E-state index is -0.949. The highest BCUT2D eigenvalue weighted by molar-refractivity contribution is 5.76. The zero-order valence-corrected chi connectivity index (χ0v) is 40.4. The van der Waals surface area contributed by atoms with Crippen LogP contribution in [-0.2, 0) is 4.79 Å². The first kappa shape index (κ1) is 58.6. The molecule has 0 aliphatic carbocycles. The molecule has 0 aromatic heterocycles. The van der Waals surface area contributed by atoms with Crippen LogP contribution in [0, 0.1) is 0 Å². The normalized spacial score (nSPS) is 13.6. The molecule has 0 bridgehead atoms. The van der Waals surface area contributed by atoms with Crippen molar-refractivity contribution in [2.75, 3.05) is 6.61 Å². The first-order valence-electron chi connectivity index (χ1n) is 26.8. The predicted octanol–water partition coefficient (Wildman–Crippen LogP) is 16.3. The Labute approximate surface area is 374 Å². The van der Waals surface area contributed by atoms with E-state index in [1.807, 2.05) is 6.08 Å². The minimum Gasteiger partial charge on any atom is -0.394 e. The maximum absolute atomic E-state index is 12.4. The number of unbranched alkanes of at least 4 members (excludes halogenated alkanes) is 36. The fourth-order valence-electron chi connectivity index (χ4n) is 8.29. The molecule has 0 aliphatic heterocycles. The van der Waals surface area contributed by atoms with Gasteiger partial charge in [-0.05, 0) is 57.8 Å². The van der Waals surface area contributed by atoms with E-state index in [2.05, 4.69) is 43.5 Å². The van der Waals surface area contributed by atoms with Crippen molar-refractivity contribution in [2.24, 2.45) is 0 Å². The third kappa shape index (κ3) is 46.1. The number of allylic oxidation sites excluding steroid dienone is 5. The predicted molar refractivity (Wildman–Crippen MR) is 264 cm³/mol. The molecule has 0 aliphatic rings. The molecule has 0 fully saturated rings. The van der Waals surface area contributed by atoms with Gasteiger partial charge in [0.15, 0.2) is 0 Å². The average Bonchev–Trinajstić information content (AvgIpc) is 3.24. The summed E-state index contributed by atoms with van der Waals surface area (Å²) in [5, 5.41) is 33.2. The van der Waals surface area contributed by atoms with E-state index in [9.17, 15) is 20.1 Å². The van der Waals surface area contributed by atoms with E-state index in [-0.39, 0.29) is 18.9 Å². The van der Waals surface area contributed by atoms with Gasteiger partial charge in [0.25, 0.3) is 0 Å². The van der Waals surface area contributed by atoms with Gasteiger partial charge in [0, 0.05) is 0 Å². The Bertz CT molecular complexity index is 931. The maximum Gasteiger partial charge on any atom is 0.222 e. The van der Waals surface area contributed by atoms with Gasteiger partial charge in [0.1, 0.15) is 0 Å². The van der Waals surface area contributed by atoms with Gasteiger partial charge in [-0.15, -0.1) is 0 Å². The van der Waals surface area contributed by atoms with Gasteiger partial charge in [-0.3, -0.25) is 4.79 Å². The third-order valence-electron chi connectivity index (χ3n) is 12.4. The SMILES string of the molecule is CCCCCC/C=C/CC/C=C/C(O)C(CO)NC(=O)CC(O)CCCCCCCCCCCCCCCCC/C=C\CCCCCCCCCCCCCCCCCC. The van der Waals surface area contributed by atoms with E-state index < -0.39 is 18.2 Å². The van der Waals surface area contributed by atoms with Crippen LogP contribution in [0.4, 0.5) is 0 Å². The summed E-state index contributed by atoms with van der Waals surface area (Å²) in [4.78, 5) is 12.4. The van der Waals surface area contributed by atoms with Crippen LogP contribution < -0.4 is 5.32 Å². The number of nitrogens with one attached hydrogen (secondary N) is 1. The van der Waals surface area contributed by atoms with Gasteiger partial charge in [-0.2, -0.15) is 0 Å². The standard InChI is InChI=1S/C55H105NO4/c1-3-5-7-9-11-13-15-16-17-18-19-20-21-22-23-24-25-26-27-28-29-30-31-32-33-34-35-36-37-38-39-40-42-44-46-48-52(58)50-55(60)56-53(51-57)54(59)49-47-45-43-41-14-12-10-8-6-4-2/h14,26-27,41,47,49,52-54,57-59H,3-13,15-25,28-40,42-46,48,50-51H2,1-2H3,(H,56,60)/b27-26-,41-14+,49-47+. The van der Waals surface area contributed by atoms with E-state index in [0.717, 1.165) is 32.1 Å². The Hall–Kier alpha value is -1.43. The topological polar surface area (TPSA) is 89.8 Å². The molecule has 60 heavy (non-hydrogen) atoms. The van der Waals surface area contributed by atoms with Crippen LogP contribution in [0.15, 0.2) is 36.5 Å². The van der Waals surface area contributed by atoms with Crippen molar-refractivity contribution < 1.29 is 20.1 Å². The lowest BCUT2D eigenvalue weighted by atomic mass is 10.0. The molecule has 0 radical (unpaired) electrons. The highest BCUT2D eigenvalue weighted by atomic mass is 16.3. The van der Waals surface area contributed by atoms with E-state index >= 15 is 0 Å². The number of aliphatic hydroxyl groups is 3. The molecule has 4 N–H and O–H groups in total. The smallest absolute Gasteiger partial charge is 0.222 e. The van der Waals surface area contributed by atoms with Gasteiger partial charge in [0.05, 0.1) is 31.3 Å². The quantitative estimate of drug-likeness (QED) is 0.0363. The van der Waals surface area contributed by atoms with Crippen LogP contribution in [0.25, 0.3) is 0 Å². The largest absolute Gasteiger partial charge is 0.394 e. The second-order valence-corrected chi connectivity index (χ2v) is 18.5. The van der Waals surface area contributed by atoms with Crippen molar-refractivity contribution in [2.45, 2.75) is 302 Å². The second kappa shape index (κ2) is 50.2. The molecular formula is C55H105NO4. The van der Waals surface area contributed by atoms with Crippen LogP contribution in [0.1, 0.15) is 284 Å². The van der Waals surface area contributed by atoms with Crippen molar-refractivity contribution in [3.63, 3.8) is 0 Å². The Morgan fingerprint density at radius 2 is 0.717 bits per heavy atom. The number of carbonyl (C=O) groups is 1.